The molecule has 1 rings (SSSR count). The van der Waals surface area contributed by atoms with Gasteiger partial charge >= 0.3 is 5.97 Å². The minimum Gasteiger partial charge on any atom is -0.465 e. The minimum absolute atomic E-state index is 0.0313. The van der Waals surface area contributed by atoms with E-state index in [4.69, 9.17) is 4.74 Å². The third-order valence-corrected chi connectivity index (χ3v) is 5.19. The Kier molecular flexibility index (Phi) is 5.50. The van der Waals surface area contributed by atoms with E-state index in [-0.39, 0.29) is 23.4 Å². The highest BCUT2D eigenvalue weighted by atomic mass is 32.2. The van der Waals surface area contributed by atoms with Gasteiger partial charge in [0.2, 0.25) is 0 Å². The van der Waals surface area contributed by atoms with Gasteiger partial charge in [0, 0.05) is 16.0 Å². The molecule has 1 saturated carbocycles. The Morgan fingerprint density at radius 3 is 2.33 bits per heavy atom. The number of esters is 1. The second kappa shape index (κ2) is 6.45. The van der Waals surface area contributed by atoms with Crippen LogP contribution in [0.25, 0.3) is 0 Å². The van der Waals surface area contributed by atoms with Gasteiger partial charge < -0.3 is 4.74 Å². The molecule has 0 amide bonds. The molecule has 0 radical (unpaired) electrons. The van der Waals surface area contributed by atoms with Crippen molar-refractivity contribution < 1.29 is 18.5 Å². The maximum absolute atomic E-state index is 12.1. The molecule has 104 valence electrons. The Labute approximate surface area is 111 Å². The van der Waals surface area contributed by atoms with E-state index in [2.05, 4.69) is 0 Å². The smallest absolute Gasteiger partial charge is 0.319 e. The van der Waals surface area contributed by atoms with Crippen molar-refractivity contribution in [2.75, 3.05) is 12.4 Å². The molecule has 0 aromatic carbocycles. The molecule has 0 bridgehead atoms. The molecule has 0 aromatic heterocycles. The fourth-order valence-electron chi connectivity index (χ4n) is 2.00. The van der Waals surface area contributed by atoms with Gasteiger partial charge in [-0.3, -0.25) is 13.8 Å². The Morgan fingerprint density at radius 2 is 1.83 bits per heavy atom. The van der Waals surface area contributed by atoms with Gasteiger partial charge in [0.1, 0.15) is 5.41 Å². The normalized spacial score (nSPS) is 18.6. The highest BCUT2D eigenvalue weighted by molar-refractivity contribution is 7.86. The van der Waals surface area contributed by atoms with Gasteiger partial charge in [0.25, 0.3) is 0 Å². The zero-order valence-corrected chi connectivity index (χ0v) is 12.2. The SMILES string of the molecule is CCOC(=O)C(C)(C)C(=O)CS(=O)C1CCCC1. The summed E-state index contributed by atoms with van der Waals surface area (Å²) in [5.74, 6) is -0.846. The maximum atomic E-state index is 12.1. The highest BCUT2D eigenvalue weighted by Gasteiger charge is 2.38. The third kappa shape index (κ3) is 3.64. The van der Waals surface area contributed by atoms with E-state index in [9.17, 15) is 13.8 Å². The Hall–Kier alpha value is -0.710. The number of carbonyl (C=O) groups is 2. The van der Waals surface area contributed by atoms with E-state index in [1.54, 1.807) is 20.8 Å². The summed E-state index contributed by atoms with van der Waals surface area (Å²) in [4.78, 5) is 23.7. The van der Waals surface area contributed by atoms with Crippen LogP contribution in [0.15, 0.2) is 0 Å². The van der Waals surface area contributed by atoms with E-state index in [0.29, 0.717) is 0 Å². The highest BCUT2D eigenvalue weighted by Crippen LogP contribution is 2.25. The lowest BCUT2D eigenvalue weighted by Crippen LogP contribution is -2.39. The van der Waals surface area contributed by atoms with Gasteiger partial charge in [0.05, 0.1) is 12.4 Å². The summed E-state index contributed by atoms with van der Waals surface area (Å²) in [7, 11) is -1.15. The lowest BCUT2D eigenvalue weighted by Gasteiger charge is -2.21. The monoisotopic (exact) mass is 274 g/mol. The van der Waals surface area contributed by atoms with Crippen LogP contribution < -0.4 is 0 Å². The van der Waals surface area contributed by atoms with E-state index >= 15 is 0 Å². The molecule has 0 heterocycles. The number of ether oxygens (including phenoxy) is 1. The molecule has 1 atom stereocenters. The first-order chi connectivity index (χ1) is 8.39. The molecule has 0 aromatic rings. The molecule has 1 aliphatic rings. The quantitative estimate of drug-likeness (QED) is 0.547. The molecule has 5 heteroatoms. The number of hydrogen-bond donors (Lipinski definition) is 0. The first-order valence-corrected chi connectivity index (χ1v) is 7.85. The Morgan fingerprint density at radius 1 is 1.28 bits per heavy atom. The standard InChI is InChI=1S/C13H22O4S/c1-4-17-12(15)13(2,3)11(14)9-18(16)10-7-5-6-8-10/h10H,4-9H2,1-3H3. The van der Waals surface area contributed by atoms with Crippen molar-refractivity contribution in [3.8, 4) is 0 Å². The summed E-state index contributed by atoms with van der Waals surface area (Å²) in [6, 6.07) is 0. The Bertz CT molecular complexity index is 343. The van der Waals surface area contributed by atoms with E-state index < -0.39 is 22.2 Å². The molecule has 1 aliphatic carbocycles. The summed E-state index contributed by atoms with van der Waals surface area (Å²) < 4.78 is 16.9. The zero-order valence-electron chi connectivity index (χ0n) is 11.4. The largest absolute Gasteiger partial charge is 0.465 e. The molecule has 1 fully saturated rings. The van der Waals surface area contributed by atoms with Crippen molar-refractivity contribution in [3.63, 3.8) is 0 Å². The second-order valence-corrected chi connectivity index (χ2v) is 6.92. The molecule has 1 unspecified atom stereocenters. The zero-order chi connectivity index (χ0) is 13.8. The third-order valence-electron chi connectivity index (χ3n) is 3.43. The average Bonchev–Trinajstić information content (AvgIpc) is 2.82. The molecule has 0 aliphatic heterocycles. The van der Waals surface area contributed by atoms with E-state index in [0.717, 1.165) is 25.7 Å². The van der Waals surface area contributed by atoms with Gasteiger partial charge in [0.15, 0.2) is 5.78 Å². The van der Waals surface area contributed by atoms with Gasteiger partial charge in [-0.1, -0.05) is 12.8 Å². The molecule has 0 spiro atoms. The van der Waals surface area contributed by atoms with Crippen molar-refractivity contribution >= 4 is 22.6 Å². The number of hydrogen-bond acceptors (Lipinski definition) is 4. The first-order valence-electron chi connectivity index (χ1n) is 6.47. The number of carbonyl (C=O) groups excluding carboxylic acids is 2. The van der Waals surface area contributed by atoms with Crippen LogP contribution in [0.3, 0.4) is 0 Å². The number of Topliss-reactive ketones (excluding diaryl/α,β-unsaturated/α-hetero) is 1. The summed E-state index contributed by atoms with van der Waals surface area (Å²) in [6.45, 7) is 5.04. The number of rotatable bonds is 6. The van der Waals surface area contributed by atoms with Crippen molar-refractivity contribution in [1.29, 1.82) is 0 Å². The summed E-state index contributed by atoms with van der Waals surface area (Å²) in [5, 5.41) is 0.131. The average molecular weight is 274 g/mol. The topological polar surface area (TPSA) is 60.4 Å². The predicted molar refractivity (Wildman–Crippen MR) is 70.7 cm³/mol. The van der Waals surface area contributed by atoms with Crippen LogP contribution in [-0.2, 0) is 25.1 Å². The van der Waals surface area contributed by atoms with Crippen LogP contribution in [0.2, 0.25) is 0 Å². The van der Waals surface area contributed by atoms with Gasteiger partial charge in [-0.15, -0.1) is 0 Å². The molecule has 0 N–H and O–H groups in total. The fraction of sp³-hybridized carbons (Fsp3) is 0.846. The lowest BCUT2D eigenvalue weighted by molar-refractivity contribution is -0.157. The van der Waals surface area contributed by atoms with Crippen LogP contribution in [0, 0.1) is 5.41 Å². The summed E-state index contributed by atoms with van der Waals surface area (Å²) in [6.07, 6.45) is 4.04. The van der Waals surface area contributed by atoms with Crippen molar-refractivity contribution in [1.82, 2.24) is 0 Å². The lowest BCUT2D eigenvalue weighted by atomic mass is 9.89. The van der Waals surface area contributed by atoms with Crippen molar-refractivity contribution in [2.24, 2.45) is 5.41 Å². The predicted octanol–water partition coefficient (Wildman–Crippen LogP) is 1.84. The van der Waals surface area contributed by atoms with Crippen molar-refractivity contribution in [2.45, 2.75) is 51.7 Å². The maximum Gasteiger partial charge on any atom is 0.319 e. The van der Waals surface area contributed by atoms with Crippen LogP contribution >= 0.6 is 0 Å². The van der Waals surface area contributed by atoms with E-state index in [1.807, 2.05) is 0 Å². The second-order valence-electron chi connectivity index (χ2n) is 5.20. The fourth-order valence-corrected chi connectivity index (χ4v) is 3.72. The van der Waals surface area contributed by atoms with Crippen LogP contribution in [0.4, 0.5) is 0 Å². The first kappa shape index (κ1) is 15.3. The van der Waals surface area contributed by atoms with Crippen LogP contribution in [0.1, 0.15) is 46.5 Å². The molecular weight excluding hydrogens is 252 g/mol. The molecule has 4 nitrogen and oxygen atoms in total. The number of ketones is 1. The molecular formula is C13H22O4S. The van der Waals surface area contributed by atoms with Crippen LogP contribution in [0.5, 0.6) is 0 Å². The summed E-state index contributed by atoms with van der Waals surface area (Å²) >= 11 is 0. The molecule has 18 heavy (non-hydrogen) atoms. The van der Waals surface area contributed by atoms with Gasteiger partial charge in [-0.05, 0) is 33.6 Å². The van der Waals surface area contributed by atoms with Crippen molar-refractivity contribution in [3.05, 3.63) is 0 Å². The van der Waals surface area contributed by atoms with E-state index in [1.165, 1.54) is 0 Å². The van der Waals surface area contributed by atoms with Gasteiger partial charge in [-0.25, -0.2) is 0 Å². The summed E-state index contributed by atoms with van der Waals surface area (Å²) in [5.41, 5.74) is -1.19. The Balaban J connectivity index is 2.57. The molecule has 0 saturated heterocycles. The minimum atomic E-state index is -1.19. The van der Waals surface area contributed by atoms with Gasteiger partial charge in [-0.2, -0.15) is 0 Å². The van der Waals surface area contributed by atoms with Crippen LogP contribution in [-0.4, -0.2) is 33.6 Å².